The number of benzene rings is 3. The highest BCUT2D eigenvalue weighted by Gasteiger charge is 2.40. The number of primary amides is 3. The first-order chi connectivity index (χ1) is 60.5. The Morgan fingerprint density at radius 2 is 0.891 bits per heavy atom. The molecule has 47 heteroatoms. The number of halogens is 8. The summed E-state index contributed by atoms with van der Waals surface area (Å²) in [4.78, 5) is 176. The number of ketones is 1. The molecule has 0 atom stereocenters. The molecule has 0 radical (unpaired) electrons. The average Bonchev–Trinajstić information content (AvgIpc) is 1.72. The Labute approximate surface area is 775 Å². The van der Waals surface area contributed by atoms with Crippen LogP contribution in [0.5, 0.6) is 0 Å². The van der Waals surface area contributed by atoms with E-state index in [0.717, 1.165) is 24.2 Å². The van der Waals surface area contributed by atoms with Crippen molar-refractivity contribution in [3.8, 4) is 0 Å². The second-order valence-corrected chi connectivity index (χ2v) is 34.5. The average molecular weight is 2070 g/mol. The number of para-hydroxylation sites is 3. The normalized spacial score (nSPS) is 17.3. The number of carboxylic acid groups (broad SMARTS) is 1. The number of alkyl carbamates (subject to hydrolysis) is 1. The lowest BCUT2D eigenvalue weighted by molar-refractivity contribution is -0.156. The number of anilines is 3. The number of fused-ring (bicyclic) bond motifs is 3. The van der Waals surface area contributed by atoms with Gasteiger partial charge in [0.25, 0.3) is 17.7 Å². The van der Waals surface area contributed by atoms with E-state index in [4.69, 9.17) is 54.9 Å². The van der Waals surface area contributed by atoms with E-state index < -0.39 is 65.6 Å². The number of hydrogen-bond acceptors (Lipinski definition) is 26. The third-order valence-electron chi connectivity index (χ3n) is 19.3. The second kappa shape index (κ2) is 49.1. The lowest BCUT2D eigenvalue weighted by atomic mass is 9.74. The Balaban J connectivity index is 0.000000225. The Morgan fingerprint density at radius 3 is 1.22 bits per heavy atom. The van der Waals surface area contributed by atoms with Crippen LogP contribution in [0.15, 0.2) is 141 Å². The lowest BCUT2D eigenvalue weighted by Crippen LogP contribution is -2.57. The fourth-order valence-corrected chi connectivity index (χ4v) is 14.8. The molecule has 39 nitrogen and oxygen atoms in total. The van der Waals surface area contributed by atoms with E-state index >= 15 is 0 Å². The number of carboxylic acids is 1. The van der Waals surface area contributed by atoms with Crippen molar-refractivity contribution >= 4 is 197 Å². The van der Waals surface area contributed by atoms with Gasteiger partial charge in [0.05, 0.1) is 77.9 Å². The van der Waals surface area contributed by atoms with Gasteiger partial charge in [0, 0.05) is 59.0 Å². The number of carbonyl (C=O) groups is 12. The minimum atomic E-state index is -4.64. The van der Waals surface area contributed by atoms with Crippen molar-refractivity contribution in [3.05, 3.63) is 164 Å². The summed E-state index contributed by atoms with van der Waals surface area (Å²) in [5.41, 5.74) is 29.4. The summed E-state index contributed by atoms with van der Waals surface area (Å²) in [7, 11) is 0. The van der Waals surface area contributed by atoms with Crippen LogP contribution in [0.1, 0.15) is 143 Å². The third-order valence-corrected chi connectivity index (χ3v) is 21.1. The predicted molar refractivity (Wildman–Crippen MR) is 484 cm³/mol. The number of carbonyl (C=O) groups excluding carboxylic acids is 11. The van der Waals surface area contributed by atoms with E-state index in [9.17, 15) is 65.9 Å². The highest BCUT2D eigenvalue weighted by Crippen LogP contribution is 2.37. The van der Waals surface area contributed by atoms with Crippen LogP contribution in [-0.4, -0.2) is 216 Å². The van der Waals surface area contributed by atoms with E-state index in [2.05, 4.69) is 154 Å². The van der Waals surface area contributed by atoms with Gasteiger partial charge in [-0.2, -0.15) is 28.5 Å². The maximum absolute atomic E-state index is 13.5. The van der Waals surface area contributed by atoms with Crippen LogP contribution in [0, 0.1) is 17.8 Å². The van der Waals surface area contributed by atoms with Crippen LogP contribution in [0.4, 0.5) is 35.4 Å². The molecule has 7 heterocycles. The largest absolute Gasteiger partial charge is 0.480 e. The van der Waals surface area contributed by atoms with Gasteiger partial charge in [0.1, 0.15) is 56.7 Å². The Kier molecular flexibility index (Phi) is 39.6. The van der Waals surface area contributed by atoms with Crippen molar-refractivity contribution in [1.82, 2.24) is 84.3 Å². The van der Waals surface area contributed by atoms with E-state index in [1.807, 2.05) is 0 Å². The molecular formula is C82H97Br4ClF3N25O14. The van der Waals surface area contributed by atoms with Crippen LogP contribution in [0.2, 0.25) is 0 Å². The zero-order valence-electron chi connectivity index (χ0n) is 69.6. The zero-order valence-corrected chi connectivity index (χ0v) is 76.7. The summed E-state index contributed by atoms with van der Waals surface area (Å²) in [5.74, 6) is -1.17. The number of nitrogens with two attached hydrogens (primary N) is 5. The van der Waals surface area contributed by atoms with Gasteiger partial charge in [-0.05, 0) is 178 Å². The number of nitrogens with zero attached hydrogens (tertiary/aromatic N) is 16. The van der Waals surface area contributed by atoms with Crippen molar-refractivity contribution < 1.29 is 80.5 Å². The van der Waals surface area contributed by atoms with Crippen molar-refractivity contribution in [3.63, 3.8) is 0 Å². The van der Waals surface area contributed by atoms with Gasteiger partial charge >= 0.3 is 18.2 Å². The molecule has 4 fully saturated rings. The number of alkyl halides is 4. The molecule has 4 aliphatic rings. The number of amides is 9. The van der Waals surface area contributed by atoms with Crippen LogP contribution in [-0.2, 0) is 69.1 Å². The van der Waals surface area contributed by atoms with Gasteiger partial charge < -0.3 is 69.6 Å². The Bertz CT molecular complexity index is 5600. The molecule has 4 aliphatic carbocycles. The molecule has 0 aliphatic heterocycles. The van der Waals surface area contributed by atoms with Gasteiger partial charge in [0.2, 0.25) is 35.8 Å². The molecule has 9 amide bonds. The maximum Gasteiger partial charge on any atom is 0.446 e. The molecule has 10 aromatic rings. The van der Waals surface area contributed by atoms with E-state index in [1.54, 1.807) is 118 Å². The lowest BCUT2D eigenvalue weighted by Gasteiger charge is -2.42. The quantitative estimate of drug-likeness (QED) is 0.0188. The molecule has 0 bridgehead atoms. The summed E-state index contributed by atoms with van der Waals surface area (Å²) in [6, 6.07) is 20.6. The molecule has 15 N–H and O–H groups in total. The smallest absolute Gasteiger partial charge is 0.446 e. The Hall–Kier alpha value is -11.9. The first kappa shape index (κ1) is 104. The standard InChI is InChI=1S/C25H29BrN8O5.C20H21BrN8O3.C12H16BrN3O.C10H9N3O3.C7H6BrClN2O.C5H11N.C2HF3O.CH4/c1-25(2,3)39-24(38)29-14-8-15(9-14)33(12-20(35)31-19-11-28-10-18(26)30-19)21(36)13-34-17-7-5-4-6-16(17)22(32-34)23(27)37;21-15-7-24-8-16(25-15)26-17(30)9-28(12-5-11(22)6-12)18(31)10-29-14-4-2-1-3-13(14)19(27-29)20(23)32;1-8-4-9(5-8)2-3-12(17)16-11-7-14-6-10(13)15-11;11-10(16)9-6-3-1-2-4-7(6)13(12-9)5-8(14)15;8-7-4-10-3-5(11-7)1-6(12)2-9;1-4-2-5(6)3-4;3-2(4,5)1-6;/h4-7,10-11,14-15H,8-9,12-13H2,1-3H3,(H2,27,37)(H,29,38)(H,30,31,35);1-4,7-8,11-12H,5-6,9-10,22H2,(H2,23,32)(H,25,26,30);6-9H,2-5H2,1H3,(H,15,16,17);1-4H,5H2,(H2,11,16)(H,14,15);3-4H,1-2H2;4-5H,2-3,6H2,1H3;1H;1H4. The van der Waals surface area contributed by atoms with E-state index in [1.165, 1.54) is 74.3 Å². The molecule has 690 valence electrons. The monoisotopic (exact) mass is 2060 g/mol. The first-order valence-corrected chi connectivity index (χ1v) is 43.2. The molecule has 0 spiro atoms. The summed E-state index contributed by atoms with van der Waals surface area (Å²) in [5, 5.41) is 33.6. The van der Waals surface area contributed by atoms with Crippen LogP contribution in [0.25, 0.3) is 32.7 Å². The minimum absolute atomic E-state index is 0. The molecule has 129 heavy (non-hydrogen) atoms. The summed E-state index contributed by atoms with van der Waals surface area (Å²) in [6.07, 6.45) is 14.7. The fraction of sp³-hybridized carbons (Fsp3) is 0.402. The van der Waals surface area contributed by atoms with E-state index in [-0.39, 0.29) is 123 Å². The van der Waals surface area contributed by atoms with Crippen molar-refractivity contribution in [2.45, 2.75) is 174 Å². The first-order valence-electron chi connectivity index (χ1n) is 39.5. The molecule has 3 aromatic carbocycles. The highest BCUT2D eigenvalue weighted by molar-refractivity contribution is 9.11. The number of rotatable bonds is 25. The zero-order chi connectivity index (χ0) is 93.9. The van der Waals surface area contributed by atoms with Gasteiger partial charge in [0.15, 0.2) is 40.3 Å². The van der Waals surface area contributed by atoms with E-state index in [0.29, 0.717) is 101 Å². The van der Waals surface area contributed by atoms with Crippen LogP contribution in [0.3, 0.4) is 0 Å². The molecule has 7 aromatic heterocycles. The summed E-state index contributed by atoms with van der Waals surface area (Å²) < 4.78 is 42.8. The number of aromatic nitrogens is 14. The molecular weight excluding hydrogens is 1970 g/mol. The second-order valence-electron chi connectivity index (χ2n) is 30.9. The molecule has 14 rings (SSSR count). The van der Waals surface area contributed by atoms with Crippen LogP contribution < -0.4 is 49.9 Å². The topological polar surface area (TPSA) is 576 Å². The maximum atomic E-state index is 13.5. The molecule has 0 saturated heterocycles. The number of ether oxygens (including phenoxy) is 1. The molecule has 0 unspecified atom stereocenters. The number of Topliss-reactive ketones (excluding diaryl/α,β-unsaturated/α-hetero) is 1. The minimum Gasteiger partial charge on any atom is -0.480 e. The van der Waals surface area contributed by atoms with Gasteiger partial charge in [-0.15, -0.1) is 11.6 Å². The van der Waals surface area contributed by atoms with Gasteiger partial charge in [-0.25, -0.2) is 24.7 Å². The SMILES string of the molecule is C.CC(C)(C)OC(=O)NC1CC(N(CC(=O)Nc2cncc(Br)n2)C(=O)Cn2nc(C(N)=O)c3ccccc32)C1.CC1CC(CCC(=O)Nc2cncc(Br)n2)C1.CC1CC(N)C1.NC(=O)c1nn(CC(=O)N(CC(=O)Nc2cncc(Br)n2)C2CC(N)C2)c2ccccc12.NC(=O)c1nn(CC(=O)O)c2ccccc12.O=C(CCl)Cc1cncc(Br)n1.O=CC(F)(F)F. The number of hydrogen-bond donors (Lipinski definition) is 10. The summed E-state index contributed by atoms with van der Waals surface area (Å²) >= 11 is 18.1. The van der Waals surface area contributed by atoms with Gasteiger partial charge in [-0.3, -0.25) is 86.7 Å². The van der Waals surface area contributed by atoms with Crippen molar-refractivity contribution in [2.75, 3.05) is 34.9 Å². The Morgan fingerprint density at radius 1 is 0.535 bits per heavy atom. The molecule has 4 saturated carbocycles. The predicted octanol–water partition coefficient (Wildman–Crippen LogP) is 9.80. The number of nitrogens with one attached hydrogen (secondary N) is 4. The van der Waals surface area contributed by atoms with Crippen LogP contribution >= 0.6 is 75.3 Å². The summed E-state index contributed by atoms with van der Waals surface area (Å²) in [6.45, 7) is 8.70. The van der Waals surface area contributed by atoms with Crippen molar-refractivity contribution in [2.24, 2.45) is 46.4 Å². The fourth-order valence-electron chi connectivity index (χ4n) is 13.4. The number of aliphatic carboxylic acids is 1. The third kappa shape index (κ3) is 33.6. The number of aldehydes is 1. The highest BCUT2D eigenvalue weighted by atomic mass is 79.9. The van der Waals surface area contributed by atoms with Gasteiger partial charge in [-0.1, -0.05) is 75.9 Å². The van der Waals surface area contributed by atoms with Crippen molar-refractivity contribution in [1.29, 1.82) is 0 Å².